The summed E-state index contributed by atoms with van der Waals surface area (Å²) in [6, 6.07) is 0.118. The lowest BCUT2D eigenvalue weighted by Crippen LogP contribution is -2.57. The molecule has 1 saturated heterocycles. The number of nitrogens with zero attached hydrogens (tertiary/aromatic N) is 2. The molecule has 5 nitrogen and oxygen atoms in total. The van der Waals surface area contributed by atoms with E-state index in [0.29, 0.717) is 0 Å². The Kier molecular flexibility index (Phi) is 6.46. The third-order valence-electron chi connectivity index (χ3n) is 5.49. The van der Waals surface area contributed by atoms with Crippen molar-refractivity contribution in [2.45, 2.75) is 71.1 Å². The van der Waals surface area contributed by atoms with Crippen molar-refractivity contribution in [2.75, 3.05) is 32.7 Å². The molecule has 0 radical (unpaired) electrons. The lowest BCUT2D eigenvalue weighted by molar-refractivity contribution is -0.127. The smallest absolute Gasteiger partial charge is 0.237 e. The van der Waals surface area contributed by atoms with Crippen LogP contribution in [0.1, 0.15) is 53.4 Å². The molecule has 1 heterocycles. The standard InChI is InChI=1S/C18H35N3O2/c1-14(2)19-17(22)16(4)21-11-9-20(10-12-21)13-18(23)7-5-15(3)6-8-18/h14-16,23H,5-13H2,1-4H3,(H,19,22). The molecule has 0 aromatic heterocycles. The lowest BCUT2D eigenvalue weighted by atomic mass is 9.79. The van der Waals surface area contributed by atoms with Crippen LogP contribution in [0.25, 0.3) is 0 Å². The van der Waals surface area contributed by atoms with Crippen molar-refractivity contribution in [1.29, 1.82) is 0 Å². The number of rotatable bonds is 5. The van der Waals surface area contributed by atoms with Crippen LogP contribution in [0.15, 0.2) is 0 Å². The van der Waals surface area contributed by atoms with Crippen molar-refractivity contribution >= 4 is 5.91 Å². The average molecular weight is 325 g/mol. The fourth-order valence-electron chi connectivity index (χ4n) is 3.75. The van der Waals surface area contributed by atoms with Gasteiger partial charge in [-0.05, 0) is 52.4 Å². The van der Waals surface area contributed by atoms with Crippen LogP contribution in [0.2, 0.25) is 0 Å². The first-order valence-corrected chi connectivity index (χ1v) is 9.28. The van der Waals surface area contributed by atoms with E-state index < -0.39 is 5.60 Å². The Labute approximate surface area is 141 Å². The Balaban J connectivity index is 1.76. The Morgan fingerprint density at radius 3 is 2.26 bits per heavy atom. The fourth-order valence-corrected chi connectivity index (χ4v) is 3.75. The summed E-state index contributed by atoms with van der Waals surface area (Å²) in [6.45, 7) is 12.7. The minimum atomic E-state index is -0.491. The van der Waals surface area contributed by atoms with Crippen molar-refractivity contribution in [3.8, 4) is 0 Å². The molecule has 23 heavy (non-hydrogen) atoms. The quantitative estimate of drug-likeness (QED) is 0.803. The van der Waals surface area contributed by atoms with Crippen LogP contribution in [0.4, 0.5) is 0 Å². The number of β-amino-alcohol motifs (C(OH)–C–C–N with tert-alkyl or cyclic N) is 1. The van der Waals surface area contributed by atoms with E-state index in [-0.39, 0.29) is 18.0 Å². The van der Waals surface area contributed by atoms with Gasteiger partial charge in [0, 0.05) is 38.8 Å². The van der Waals surface area contributed by atoms with Gasteiger partial charge in [-0.1, -0.05) is 6.92 Å². The third-order valence-corrected chi connectivity index (χ3v) is 5.49. The molecule has 1 aliphatic carbocycles. The van der Waals surface area contributed by atoms with Gasteiger partial charge in [0.25, 0.3) is 0 Å². The summed E-state index contributed by atoms with van der Waals surface area (Å²) in [5, 5.41) is 13.8. The first-order chi connectivity index (χ1) is 10.8. The lowest BCUT2D eigenvalue weighted by Gasteiger charge is -2.43. The maximum absolute atomic E-state index is 12.1. The number of piperazine rings is 1. The number of carbonyl (C=O) groups excluding carboxylic acids is 1. The van der Waals surface area contributed by atoms with Crippen LogP contribution in [-0.4, -0.2) is 71.2 Å². The number of hydrogen-bond acceptors (Lipinski definition) is 4. The molecule has 0 spiro atoms. The number of nitrogens with one attached hydrogen (secondary N) is 1. The van der Waals surface area contributed by atoms with Crippen LogP contribution in [-0.2, 0) is 4.79 Å². The summed E-state index contributed by atoms with van der Waals surface area (Å²) < 4.78 is 0. The molecule has 1 amide bonds. The van der Waals surface area contributed by atoms with Crippen molar-refractivity contribution in [3.63, 3.8) is 0 Å². The topological polar surface area (TPSA) is 55.8 Å². The monoisotopic (exact) mass is 325 g/mol. The maximum Gasteiger partial charge on any atom is 0.237 e. The molecule has 1 atom stereocenters. The number of hydrogen-bond donors (Lipinski definition) is 2. The van der Waals surface area contributed by atoms with E-state index in [1.54, 1.807) is 0 Å². The first kappa shape index (κ1) is 18.7. The Bertz CT molecular complexity index is 384. The van der Waals surface area contributed by atoms with Crippen LogP contribution in [0, 0.1) is 5.92 Å². The molecule has 2 aliphatic rings. The van der Waals surface area contributed by atoms with Crippen LogP contribution >= 0.6 is 0 Å². The number of amides is 1. The SMILES string of the molecule is CC1CCC(O)(CN2CCN(C(C)C(=O)NC(C)C)CC2)CC1. The van der Waals surface area contributed by atoms with E-state index in [2.05, 4.69) is 22.0 Å². The van der Waals surface area contributed by atoms with Gasteiger partial charge in [0.1, 0.15) is 0 Å². The van der Waals surface area contributed by atoms with Crippen LogP contribution < -0.4 is 5.32 Å². The molecular weight excluding hydrogens is 290 g/mol. The van der Waals surface area contributed by atoms with E-state index in [1.165, 1.54) is 0 Å². The predicted molar refractivity (Wildman–Crippen MR) is 93.3 cm³/mol. The second kappa shape index (κ2) is 7.95. The van der Waals surface area contributed by atoms with Crippen molar-refractivity contribution < 1.29 is 9.90 Å². The molecular formula is C18H35N3O2. The summed E-state index contributed by atoms with van der Waals surface area (Å²) in [4.78, 5) is 16.8. The van der Waals surface area contributed by atoms with Crippen molar-refractivity contribution in [3.05, 3.63) is 0 Å². The summed E-state index contributed by atoms with van der Waals surface area (Å²) in [5.74, 6) is 0.876. The molecule has 2 N–H and O–H groups in total. The van der Waals surface area contributed by atoms with E-state index >= 15 is 0 Å². The van der Waals surface area contributed by atoms with Crippen LogP contribution in [0.3, 0.4) is 0 Å². The Morgan fingerprint density at radius 1 is 1.17 bits per heavy atom. The number of carbonyl (C=O) groups is 1. The summed E-state index contributed by atoms with van der Waals surface area (Å²) in [6.07, 6.45) is 4.15. The van der Waals surface area contributed by atoms with E-state index in [4.69, 9.17) is 0 Å². The van der Waals surface area contributed by atoms with Gasteiger partial charge >= 0.3 is 0 Å². The molecule has 0 aromatic carbocycles. The molecule has 1 aliphatic heterocycles. The van der Waals surface area contributed by atoms with Crippen LogP contribution in [0.5, 0.6) is 0 Å². The second-order valence-electron chi connectivity index (χ2n) is 8.06. The highest BCUT2D eigenvalue weighted by Crippen LogP contribution is 2.32. The molecule has 0 aromatic rings. The van der Waals surface area contributed by atoms with Gasteiger partial charge in [-0.15, -0.1) is 0 Å². The Morgan fingerprint density at radius 2 is 1.74 bits per heavy atom. The van der Waals surface area contributed by atoms with Gasteiger partial charge in [-0.3, -0.25) is 14.6 Å². The van der Waals surface area contributed by atoms with E-state index in [1.807, 2.05) is 20.8 Å². The van der Waals surface area contributed by atoms with Gasteiger partial charge in [-0.2, -0.15) is 0 Å². The predicted octanol–water partition coefficient (Wildman–Crippen LogP) is 1.46. The minimum absolute atomic E-state index is 0.0711. The first-order valence-electron chi connectivity index (χ1n) is 9.28. The second-order valence-corrected chi connectivity index (χ2v) is 8.06. The average Bonchev–Trinajstić information content (AvgIpc) is 2.50. The molecule has 5 heteroatoms. The largest absolute Gasteiger partial charge is 0.389 e. The van der Waals surface area contributed by atoms with Gasteiger partial charge < -0.3 is 10.4 Å². The summed E-state index contributed by atoms with van der Waals surface area (Å²) >= 11 is 0. The number of aliphatic hydroxyl groups is 1. The molecule has 1 saturated carbocycles. The van der Waals surface area contributed by atoms with E-state index in [9.17, 15) is 9.90 Å². The fraction of sp³-hybridized carbons (Fsp3) is 0.944. The van der Waals surface area contributed by atoms with Gasteiger partial charge in [0.15, 0.2) is 0 Å². The molecule has 0 bridgehead atoms. The zero-order valence-electron chi connectivity index (χ0n) is 15.3. The van der Waals surface area contributed by atoms with Gasteiger partial charge in [-0.25, -0.2) is 0 Å². The van der Waals surface area contributed by atoms with Crippen molar-refractivity contribution in [1.82, 2.24) is 15.1 Å². The maximum atomic E-state index is 12.1. The van der Waals surface area contributed by atoms with Gasteiger partial charge in [0.2, 0.25) is 5.91 Å². The third kappa shape index (κ3) is 5.44. The zero-order chi connectivity index (χ0) is 17.0. The Hall–Kier alpha value is -0.650. The highest BCUT2D eigenvalue weighted by Gasteiger charge is 2.35. The molecule has 2 fully saturated rings. The highest BCUT2D eigenvalue weighted by molar-refractivity contribution is 5.81. The normalized spacial score (nSPS) is 32.0. The highest BCUT2D eigenvalue weighted by atomic mass is 16.3. The van der Waals surface area contributed by atoms with E-state index in [0.717, 1.165) is 64.3 Å². The molecule has 134 valence electrons. The molecule has 2 rings (SSSR count). The van der Waals surface area contributed by atoms with Crippen molar-refractivity contribution in [2.24, 2.45) is 5.92 Å². The molecule has 1 unspecified atom stereocenters. The summed E-state index contributed by atoms with van der Waals surface area (Å²) in [7, 11) is 0. The minimum Gasteiger partial charge on any atom is -0.389 e. The zero-order valence-corrected chi connectivity index (χ0v) is 15.3. The summed E-state index contributed by atoms with van der Waals surface area (Å²) in [5.41, 5.74) is -0.491. The van der Waals surface area contributed by atoms with Gasteiger partial charge in [0.05, 0.1) is 11.6 Å².